The Morgan fingerprint density at radius 1 is 1.28 bits per heavy atom. The van der Waals surface area contributed by atoms with E-state index in [0.29, 0.717) is 6.42 Å². The fourth-order valence-electron chi connectivity index (χ4n) is 3.31. The van der Waals surface area contributed by atoms with Gasteiger partial charge in [-0.25, -0.2) is 18.1 Å². The van der Waals surface area contributed by atoms with Crippen molar-refractivity contribution in [2.75, 3.05) is 19.0 Å². The van der Waals surface area contributed by atoms with Crippen molar-refractivity contribution in [2.45, 2.75) is 25.2 Å². The highest BCUT2D eigenvalue weighted by Crippen LogP contribution is 2.27. The van der Waals surface area contributed by atoms with E-state index in [0.717, 1.165) is 43.4 Å². The maximum Gasteiger partial charge on any atom is 0.171 e. The van der Waals surface area contributed by atoms with Crippen LogP contribution in [0.4, 0.5) is 0 Å². The standard InChI is InChI=1S/C17H20N4O3S/c22-25(23)9-5-13(12-25)10-16-19-17(14-3-7-24-8-4-14)20-21(16)15-2-1-6-18-11-15/h1-2,5-6,9,11,13-14H,3-4,7-8,10,12H2. The maximum absolute atomic E-state index is 11.7. The fraction of sp³-hybridized carbons (Fsp3) is 0.471. The summed E-state index contributed by atoms with van der Waals surface area (Å²) < 4.78 is 30.6. The van der Waals surface area contributed by atoms with Crippen molar-refractivity contribution < 1.29 is 13.2 Å². The molecule has 2 aliphatic rings. The Kier molecular flexibility index (Phi) is 4.39. The van der Waals surface area contributed by atoms with Gasteiger partial charge in [-0.15, -0.1) is 0 Å². The first kappa shape index (κ1) is 16.4. The third-order valence-electron chi connectivity index (χ3n) is 4.62. The summed E-state index contributed by atoms with van der Waals surface area (Å²) in [5.41, 5.74) is 0.841. The monoisotopic (exact) mass is 360 g/mol. The maximum atomic E-state index is 11.7. The Morgan fingerprint density at radius 3 is 2.80 bits per heavy atom. The van der Waals surface area contributed by atoms with Gasteiger partial charge in [0.15, 0.2) is 15.7 Å². The Morgan fingerprint density at radius 2 is 2.12 bits per heavy atom. The van der Waals surface area contributed by atoms with Crippen molar-refractivity contribution in [1.29, 1.82) is 0 Å². The van der Waals surface area contributed by atoms with Crippen LogP contribution in [0.5, 0.6) is 0 Å². The van der Waals surface area contributed by atoms with Gasteiger partial charge < -0.3 is 4.74 Å². The number of rotatable bonds is 4. The largest absolute Gasteiger partial charge is 0.381 e. The zero-order valence-electron chi connectivity index (χ0n) is 13.8. The average molecular weight is 360 g/mol. The number of hydrogen-bond donors (Lipinski definition) is 0. The van der Waals surface area contributed by atoms with Crippen LogP contribution < -0.4 is 0 Å². The summed E-state index contributed by atoms with van der Waals surface area (Å²) in [6, 6.07) is 3.79. The minimum absolute atomic E-state index is 0.0628. The first-order valence-corrected chi connectivity index (χ1v) is 10.2. The summed E-state index contributed by atoms with van der Waals surface area (Å²) in [5, 5.41) is 6.03. The lowest BCUT2D eigenvalue weighted by molar-refractivity contribution is 0.0836. The molecule has 132 valence electrons. The minimum Gasteiger partial charge on any atom is -0.381 e. The van der Waals surface area contributed by atoms with Crippen molar-refractivity contribution in [1.82, 2.24) is 19.7 Å². The lowest BCUT2D eigenvalue weighted by atomic mass is 10.00. The fourth-order valence-corrected chi connectivity index (χ4v) is 4.71. The van der Waals surface area contributed by atoms with Crippen molar-refractivity contribution in [2.24, 2.45) is 5.92 Å². The molecule has 2 aromatic rings. The van der Waals surface area contributed by atoms with Crippen LogP contribution in [-0.2, 0) is 21.0 Å². The summed E-state index contributed by atoms with van der Waals surface area (Å²) in [7, 11) is -3.07. The van der Waals surface area contributed by atoms with Crippen molar-refractivity contribution in [3.8, 4) is 5.69 Å². The Bertz CT molecular complexity index is 871. The Labute approximate surface area is 146 Å². The van der Waals surface area contributed by atoms with Gasteiger partial charge in [0, 0.05) is 37.2 Å². The van der Waals surface area contributed by atoms with Crippen molar-refractivity contribution in [3.05, 3.63) is 47.7 Å². The molecule has 0 bridgehead atoms. The third-order valence-corrected chi connectivity index (χ3v) is 6.08. The molecule has 1 atom stereocenters. The molecule has 7 nitrogen and oxygen atoms in total. The molecule has 2 aromatic heterocycles. The van der Waals surface area contributed by atoms with Gasteiger partial charge in [0.05, 0.1) is 17.6 Å². The van der Waals surface area contributed by atoms with E-state index in [1.54, 1.807) is 23.2 Å². The molecule has 0 spiro atoms. The molecule has 4 heterocycles. The highest BCUT2D eigenvalue weighted by Gasteiger charge is 2.27. The third kappa shape index (κ3) is 3.64. The number of nitrogens with zero attached hydrogens (tertiary/aromatic N) is 4. The van der Waals surface area contributed by atoms with E-state index in [1.165, 1.54) is 5.41 Å². The first-order chi connectivity index (χ1) is 12.1. The van der Waals surface area contributed by atoms with Crippen LogP contribution >= 0.6 is 0 Å². The SMILES string of the molecule is O=S1(=O)C=CC(Cc2nc(C3CCOCC3)nn2-c2cccnc2)C1. The number of allylic oxidation sites excluding steroid dienone is 1. The molecule has 0 saturated carbocycles. The van der Waals surface area contributed by atoms with Crippen LogP contribution in [0.3, 0.4) is 0 Å². The Balaban J connectivity index is 1.66. The number of ether oxygens (including phenoxy) is 1. The van der Waals surface area contributed by atoms with Gasteiger partial charge in [0.2, 0.25) is 0 Å². The molecule has 0 radical (unpaired) electrons. The normalized spacial score (nSPS) is 23.1. The molecule has 1 fully saturated rings. The smallest absolute Gasteiger partial charge is 0.171 e. The Hall–Kier alpha value is -2.06. The van der Waals surface area contributed by atoms with E-state index in [4.69, 9.17) is 14.8 Å². The zero-order chi connectivity index (χ0) is 17.3. The molecule has 2 aliphatic heterocycles. The lowest BCUT2D eigenvalue weighted by Crippen LogP contribution is -2.15. The average Bonchev–Trinajstić information content (AvgIpc) is 3.20. The highest BCUT2D eigenvalue weighted by molar-refractivity contribution is 7.94. The van der Waals surface area contributed by atoms with Gasteiger partial charge in [0.25, 0.3) is 0 Å². The van der Waals surface area contributed by atoms with Crippen LogP contribution in [-0.4, -0.2) is 47.1 Å². The number of hydrogen-bond acceptors (Lipinski definition) is 6. The van der Waals surface area contributed by atoms with Crippen LogP contribution in [0.1, 0.15) is 30.4 Å². The molecule has 25 heavy (non-hydrogen) atoms. The van der Waals surface area contributed by atoms with E-state index < -0.39 is 9.84 Å². The van der Waals surface area contributed by atoms with Gasteiger partial charge in [0.1, 0.15) is 5.82 Å². The summed E-state index contributed by atoms with van der Waals surface area (Å²) >= 11 is 0. The quantitative estimate of drug-likeness (QED) is 0.824. The number of aromatic nitrogens is 4. The van der Waals surface area contributed by atoms with Crippen LogP contribution in [0, 0.1) is 5.92 Å². The van der Waals surface area contributed by atoms with Gasteiger partial charge in [-0.3, -0.25) is 4.98 Å². The van der Waals surface area contributed by atoms with E-state index >= 15 is 0 Å². The molecule has 8 heteroatoms. The van der Waals surface area contributed by atoms with E-state index in [9.17, 15) is 8.42 Å². The molecule has 0 amide bonds. The van der Waals surface area contributed by atoms with E-state index in [1.807, 2.05) is 12.1 Å². The second kappa shape index (κ2) is 6.68. The van der Waals surface area contributed by atoms with Gasteiger partial charge in [-0.05, 0) is 30.9 Å². The van der Waals surface area contributed by atoms with Gasteiger partial charge in [-0.2, -0.15) is 5.10 Å². The summed E-state index contributed by atoms with van der Waals surface area (Å²) in [6.45, 7) is 1.45. The van der Waals surface area contributed by atoms with Crippen molar-refractivity contribution in [3.63, 3.8) is 0 Å². The first-order valence-electron chi connectivity index (χ1n) is 8.46. The molecular formula is C17H20N4O3S. The number of pyridine rings is 1. The van der Waals surface area contributed by atoms with Crippen LogP contribution in [0.15, 0.2) is 36.0 Å². The lowest BCUT2D eigenvalue weighted by Gasteiger charge is -2.18. The van der Waals surface area contributed by atoms with Crippen LogP contribution in [0.2, 0.25) is 0 Å². The topological polar surface area (TPSA) is 87.0 Å². The molecule has 1 saturated heterocycles. The predicted octanol–water partition coefficient (Wildman–Crippen LogP) is 1.66. The second-order valence-corrected chi connectivity index (χ2v) is 8.45. The van der Waals surface area contributed by atoms with Crippen LogP contribution in [0.25, 0.3) is 5.69 Å². The molecular weight excluding hydrogens is 340 g/mol. The molecule has 0 aliphatic carbocycles. The second-order valence-electron chi connectivity index (χ2n) is 6.52. The summed E-state index contributed by atoms with van der Waals surface area (Å²) in [6.07, 6.45) is 7.58. The zero-order valence-corrected chi connectivity index (χ0v) is 14.6. The summed E-state index contributed by atoms with van der Waals surface area (Å²) in [5.74, 6) is 1.95. The summed E-state index contributed by atoms with van der Waals surface area (Å²) in [4.78, 5) is 8.92. The van der Waals surface area contributed by atoms with E-state index in [2.05, 4.69) is 4.98 Å². The van der Waals surface area contributed by atoms with Crippen molar-refractivity contribution >= 4 is 9.84 Å². The molecule has 0 N–H and O–H groups in total. The predicted molar refractivity (Wildman–Crippen MR) is 92.1 cm³/mol. The number of sulfone groups is 1. The minimum atomic E-state index is -3.07. The van der Waals surface area contributed by atoms with Gasteiger partial charge >= 0.3 is 0 Å². The molecule has 1 unspecified atom stereocenters. The molecule has 0 aromatic carbocycles. The van der Waals surface area contributed by atoms with E-state index in [-0.39, 0.29) is 17.6 Å². The van der Waals surface area contributed by atoms with Gasteiger partial charge in [-0.1, -0.05) is 6.08 Å². The molecule has 4 rings (SSSR count). The highest BCUT2D eigenvalue weighted by atomic mass is 32.2.